The van der Waals surface area contributed by atoms with Gasteiger partial charge in [-0.05, 0) is 44.4 Å². The van der Waals surface area contributed by atoms with E-state index in [0.29, 0.717) is 6.79 Å². The van der Waals surface area contributed by atoms with Crippen LogP contribution in [-0.4, -0.2) is 36.0 Å². The molecule has 4 heteroatoms. The fraction of sp³-hybridized carbons (Fsp3) is 1.00. The van der Waals surface area contributed by atoms with Crippen molar-refractivity contribution in [2.24, 2.45) is 11.8 Å². The van der Waals surface area contributed by atoms with Crippen LogP contribution in [0.3, 0.4) is 0 Å². The van der Waals surface area contributed by atoms with Gasteiger partial charge in [-0.25, -0.2) is 0 Å². The van der Waals surface area contributed by atoms with Crippen LogP contribution >= 0.6 is 0 Å². The van der Waals surface area contributed by atoms with Gasteiger partial charge in [-0.2, -0.15) is 0 Å². The van der Waals surface area contributed by atoms with Gasteiger partial charge in [-0.1, -0.05) is 20.3 Å². The van der Waals surface area contributed by atoms with Gasteiger partial charge < -0.3 is 19.7 Å². The van der Waals surface area contributed by atoms with Gasteiger partial charge in [0.1, 0.15) is 6.79 Å². The fourth-order valence-electron chi connectivity index (χ4n) is 2.49. The molecule has 0 aromatic carbocycles. The average molecular weight is 274 g/mol. The van der Waals surface area contributed by atoms with Crippen molar-refractivity contribution in [1.29, 1.82) is 0 Å². The number of hydrogen-bond acceptors (Lipinski definition) is 4. The predicted octanol–water partition coefficient (Wildman–Crippen LogP) is 2.67. The molecule has 1 fully saturated rings. The van der Waals surface area contributed by atoms with E-state index in [-0.39, 0.29) is 12.0 Å². The molecule has 0 bridgehead atoms. The molecular weight excluding hydrogens is 244 g/mol. The van der Waals surface area contributed by atoms with Gasteiger partial charge >= 0.3 is 0 Å². The summed E-state index contributed by atoms with van der Waals surface area (Å²) >= 11 is 0. The Bertz CT molecular complexity index is 212. The fourth-order valence-corrected chi connectivity index (χ4v) is 2.49. The van der Waals surface area contributed by atoms with E-state index in [2.05, 4.69) is 13.8 Å². The lowest BCUT2D eigenvalue weighted by Gasteiger charge is -2.29. The van der Waals surface area contributed by atoms with E-state index in [1.54, 1.807) is 0 Å². The van der Waals surface area contributed by atoms with Crippen LogP contribution in [0.2, 0.25) is 0 Å². The van der Waals surface area contributed by atoms with Crippen LogP contribution in [0.25, 0.3) is 0 Å². The first-order valence-corrected chi connectivity index (χ1v) is 7.69. The average Bonchev–Trinajstić information content (AvgIpc) is 2.42. The molecule has 0 aromatic heterocycles. The molecule has 0 spiro atoms. The summed E-state index contributed by atoms with van der Waals surface area (Å²) in [5.41, 5.74) is 0. The Labute approximate surface area is 117 Å². The first kappa shape index (κ1) is 16.9. The van der Waals surface area contributed by atoms with Crippen molar-refractivity contribution >= 4 is 0 Å². The summed E-state index contributed by atoms with van der Waals surface area (Å²) in [5, 5.41) is 18.2. The van der Waals surface area contributed by atoms with Crippen molar-refractivity contribution in [3.63, 3.8) is 0 Å². The van der Waals surface area contributed by atoms with Crippen LogP contribution in [0.4, 0.5) is 0 Å². The molecule has 1 atom stereocenters. The molecule has 0 heterocycles. The van der Waals surface area contributed by atoms with E-state index in [1.807, 2.05) is 0 Å². The molecule has 1 rings (SSSR count). The van der Waals surface area contributed by atoms with E-state index >= 15 is 0 Å². The third-order valence-corrected chi connectivity index (χ3v) is 4.21. The summed E-state index contributed by atoms with van der Waals surface area (Å²) in [5.74, 6) is 0.806. The van der Waals surface area contributed by atoms with Gasteiger partial charge in [0.15, 0.2) is 6.29 Å². The van der Waals surface area contributed by atoms with Crippen molar-refractivity contribution in [2.45, 2.75) is 71.2 Å². The Morgan fingerprint density at radius 2 is 1.84 bits per heavy atom. The Balaban J connectivity index is 1.94. The SMILES string of the molecule is CCC(C)CCCOCOC1CCC(C(O)O)CC1. The number of aliphatic hydroxyl groups excluding tert-OH is 1. The molecular formula is C15H30O4. The molecule has 1 aliphatic rings. The number of aliphatic hydroxyl groups is 2. The number of rotatable bonds is 9. The maximum absolute atomic E-state index is 9.09. The topological polar surface area (TPSA) is 58.9 Å². The van der Waals surface area contributed by atoms with Gasteiger partial charge in [-0.3, -0.25) is 0 Å². The zero-order valence-electron chi connectivity index (χ0n) is 12.4. The van der Waals surface area contributed by atoms with Crippen molar-refractivity contribution < 1.29 is 19.7 Å². The van der Waals surface area contributed by atoms with Crippen molar-refractivity contribution in [1.82, 2.24) is 0 Å². The van der Waals surface area contributed by atoms with Crippen molar-refractivity contribution in [2.75, 3.05) is 13.4 Å². The van der Waals surface area contributed by atoms with Gasteiger partial charge in [0.05, 0.1) is 6.10 Å². The predicted molar refractivity (Wildman–Crippen MR) is 74.6 cm³/mol. The van der Waals surface area contributed by atoms with Crippen LogP contribution in [0.1, 0.15) is 58.8 Å². The lowest BCUT2D eigenvalue weighted by molar-refractivity contribution is -0.128. The van der Waals surface area contributed by atoms with E-state index in [9.17, 15) is 0 Å². The second-order valence-electron chi connectivity index (χ2n) is 5.80. The van der Waals surface area contributed by atoms with Crippen LogP contribution in [0, 0.1) is 11.8 Å². The maximum Gasteiger partial charge on any atom is 0.154 e. The zero-order valence-corrected chi connectivity index (χ0v) is 12.4. The lowest BCUT2D eigenvalue weighted by Crippen LogP contribution is -2.29. The first-order valence-electron chi connectivity index (χ1n) is 7.69. The monoisotopic (exact) mass is 274 g/mol. The molecule has 1 unspecified atom stereocenters. The van der Waals surface area contributed by atoms with Gasteiger partial charge in [0, 0.05) is 12.5 Å². The minimum absolute atomic E-state index is 0.0244. The first-order chi connectivity index (χ1) is 9.13. The number of hydrogen-bond donors (Lipinski definition) is 2. The van der Waals surface area contributed by atoms with Crippen LogP contribution in [0.5, 0.6) is 0 Å². The van der Waals surface area contributed by atoms with Crippen LogP contribution in [0.15, 0.2) is 0 Å². The molecule has 4 nitrogen and oxygen atoms in total. The molecule has 0 radical (unpaired) electrons. The number of ether oxygens (including phenoxy) is 2. The van der Waals surface area contributed by atoms with Gasteiger partial charge in [0.25, 0.3) is 0 Å². The highest BCUT2D eigenvalue weighted by Crippen LogP contribution is 2.27. The highest BCUT2D eigenvalue weighted by molar-refractivity contribution is 4.73. The highest BCUT2D eigenvalue weighted by Gasteiger charge is 2.25. The zero-order chi connectivity index (χ0) is 14.1. The molecule has 19 heavy (non-hydrogen) atoms. The lowest BCUT2D eigenvalue weighted by atomic mass is 9.87. The molecule has 0 aromatic rings. The van der Waals surface area contributed by atoms with Crippen LogP contribution in [-0.2, 0) is 9.47 Å². The summed E-state index contributed by atoms with van der Waals surface area (Å²) in [4.78, 5) is 0. The minimum Gasteiger partial charge on any atom is -0.368 e. The standard InChI is InChI=1S/C15H30O4/c1-3-12(2)5-4-10-18-11-19-14-8-6-13(7-9-14)15(16)17/h12-17H,3-11H2,1-2H3. The largest absolute Gasteiger partial charge is 0.368 e. The summed E-state index contributed by atoms with van der Waals surface area (Å²) in [7, 11) is 0. The molecule has 0 amide bonds. The summed E-state index contributed by atoms with van der Waals surface area (Å²) < 4.78 is 11.1. The van der Waals surface area contributed by atoms with E-state index in [1.165, 1.54) is 12.8 Å². The summed E-state index contributed by atoms with van der Waals surface area (Å²) in [6.07, 6.45) is 6.07. The van der Waals surface area contributed by atoms with E-state index < -0.39 is 6.29 Å². The quantitative estimate of drug-likeness (QED) is 0.501. The minimum atomic E-state index is -1.17. The van der Waals surface area contributed by atoms with Crippen LogP contribution < -0.4 is 0 Å². The maximum atomic E-state index is 9.09. The molecule has 1 saturated carbocycles. The molecule has 0 saturated heterocycles. The highest BCUT2D eigenvalue weighted by atomic mass is 16.7. The molecule has 0 aliphatic heterocycles. The summed E-state index contributed by atoms with van der Waals surface area (Å²) in [6.45, 7) is 5.63. The van der Waals surface area contributed by atoms with E-state index in [0.717, 1.165) is 44.6 Å². The van der Waals surface area contributed by atoms with Crippen molar-refractivity contribution in [3.8, 4) is 0 Å². The third-order valence-electron chi connectivity index (χ3n) is 4.21. The van der Waals surface area contributed by atoms with Gasteiger partial charge in [-0.15, -0.1) is 0 Å². The van der Waals surface area contributed by atoms with Crippen molar-refractivity contribution in [3.05, 3.63) is 0 Å². The molecule has 114 valence electrons. The molecule has 2 N–H and O–H groups in total. The smallest absolute Gasteiger partial charge is 0.154 e. The Kier molecular flexibility index (Phi) is 8.62. The van der Waals surface area contributed by atoms with E-state index in [4.69, 9.17) is 19.7 Å². The normalized spacial score (nSPS) is 25.7. The Morgan fingerprint density at radius 1 is 1.16 bits per heavy atom. The van der Waals surface area contributed by atoms with Gasteiger partial charge in [0.2, 0.25) is 0 Å². The third kappa shape index (κ3) is 7.25. The molecule has 1 aliphatic carbocycles. The Morgan fingerprint density at radius 3 is 2.42 bits per heavy atom. The second-order valence-corrected chi connectivity index (χ2v) is 5.80. The summed E-state index contributed by atoms with van der Waals surface area (Å²) in [6, 6.07) is 0. The Hall–Kier alpha value is -0.160. The second kappa shape index (κ2) is 9.70.